The second kappa shape index (κ2) is 10.1. The highest BCUT2D eigenvalue weighted by atomic mass is 16.3. The van der Waals surface area contributed by atoms with Gasteiger partial charge in [0.1, 0.15) is 0 Å². The number of carbonyl (C=O) groups is 2. The number of aliphatic hydroxyl groups excluding tert-OH is 2. The third-order valence-electron chi connectivity index (χ3n) is 4.81. The average molecular weight is 360 g/mol. The van der Waals surface area contributed by atoms with Crippen molar-refractivity contribution < 1.29 is 19.8 Å². The second-order valence-corrected chi connectivity index (χ2v) is 6.66. The molecule has 0 saturated carbocycles. The molecule has 0 radical (unpaired) electrons. The van der Waals surface area contributed by atoms with Gasteiger partial charge in [0.15, 0.2) is 0 Å². The number of nitrogens with zero attached hydrogens (tertiary/aromatic N) is 1. The Morgan fingerprint density at radius 3 is 2.73 bits per heavy atom. The first kappa shape index (κ1) is 20.1. The van der Waals surface area contributed by atoms with E-state index in [1.165, 1.54) is 0 Å². The van der Waals surface area contributed by atoms with Gasteiger partial charge in [-0.15, -0.1) is 6.58 Å². The molecular weight excluding hydrogens is 332 g/mol. The molecule has 1 heterocycles. The van der Waals surface area contributed by atoms with Crippen LogP contribution in [-0.2, 0) is 9.59 Å². The number of nitrogens with one attached hydrogen (secondary N) is 1. The third-order valence-corrected chi connectivity index (χ3v) is 4.81. The number of allylic oxidation sites excluding steroid dienone is 1. The molecule has 3 N–H and O–H groups in total. The number of aliphatic hydroxyl groups is 2. The van der Waals surface area contributed by atoms with E-state index < -0.39 is 12.0 Å². The summed E-state index contributed by atoms with van der Waals surface area (Å²) in [6.07, 6.45) is 2.96. The molecule has 3 atom stereocenters. The van der Waals surface area contributed by atoms with E-state index in [9.17, 15) is 19.8 Å². The zero-order chi connectivity index (χ0) is 18.9. The van der Waals surface area contributed by atoms with Crippen LogP contribution in [0, 0.1) is 5.92 Å². The fourth-order valence-electron chi connectivity index (χ4n) is 3.30. The molecule has 0 aliphatic carbocycles. The molecule has 2 amide bonds. The van der Waals surface area contributed by atoms with E-state index in [0.717, 1.165) is 18.4 Å². The minimum absolute atomic E-state index is 0.0483. The van der Waals surface area contributed by atoms with Crippen molar-refractivity contribution in [3.8, 4) is 0 Å². The van der Waals surface area contributed by atoms with Crippen molar-refractivity contribution in [3.05, 3.63) is 48.6 Å². The van der Waals surface area contributed by atoms with Crippen LogP contribution >= 0.6 is 0 Å². The minimum Gasteiger partial charge on any atom is -0.394 e. The van der Waals surface area contributed by atoms with Crippen LogP contribution in [0.15, 0.2) is 43.0 Å². The largest absolute Gasteiger partial charge is 0.394 e. The zero-order valence-electron chi connectivity index (χ0n) is 15.0. The van der Waals surface area contributed by atoms with Crippen LogP contribution in [0.3, 0.4) is 0 Å². The standard InChI is InChI=1S/C20H28N2O4/c1-2-7-16(12-19(25)22-11-6-10-17(22)14-23)20(26)21-13-18(24)15-8-4-3-5-9-15/h2-5,8-9,16-18,23-24H,1,6-7,10-14H2,(H,21,26)/t16-,17+,18+/m1/s1. The number of hydrogen-bond donors (Lipinski definition) is 3. The summed E-state index contributed by atoms with van der Waals surface area (Å²) in [4.78, 5) is 26.7. The minimum atomic E-state index is -0.794. The maximum absolute atomic E-state index is 12.5. The van der Waals surface area contributed by atoms with Crippen LogP contribution in [0.1, 0.15) is 37.4 Å². The van der Waals surface area contributed by atoms with Gasteiger partial charge in [0.05, 0.1) is 24.7 Å². The van der Waals surface area contributed by atoms with Crippen molar-refractivity contribution in [2.75, 3.05) is 19.7 Å². The van der Waals surface area contributed by atoms with E-state index in [2.05, 4.69) is 11.9 Å². The summed E-state index contributed by atoms with van der Waals surface area (Å²) >= 11 is 0. The molecule has 0 aromatic heterocycles. The lowest BCUT2D eigenvalue weighted by atomic mass is 9.99. The van der Waals surface area contributed by atoms with E-state index >= 15 is 0 Å². The van der Waals surface area contributed by atoms with E-state index in [1.807, 2.05) is 18.2 Å². The van der Waals surface area contributed by atoms with Gasteiger partial charge in [0.25, 0.3) is 0 Å². The van der Waals surface area contributed by atoms with Crippen molar-refractivity contribution in [1.29, 1.82) is 0 Å². The fraction of sp³-hybridized carbons (Fsp3) is 0.500. The van der Waals surface area contributed by atoms with E-state index in [0.29, 0.717) is 13.0 Å². The first-order valence-electron chi connectivity index (χ1n) is 9.08. The average Bonchev–Trinajstić information content (AvgIpc) is 3.15. The molecule has 0 bridgehead atoms. The Morgan fingerprint density at radius 2 is 2.08 bits per heavy atom. The monoisotopic (exact) mass is 360 g/mol. The lowest BCUT2D eigenvalue weighted by Gasteiger charge is -2.25. The van der Waals surface area contributed by atoms with Gasteiger partial charge >= 0.3 is 0 Å². The quantitative estimate of drug-likeness (QED) is 0.581. The van der Waals surface area contributed by atoms with Crippen LogP contribution in [0.2, 0.25) is 0 Å². The Morgan fingerprint density at radius 1 is 1.35 bits per heavy atom. The van der Waals surface area contributed by atoms with Crippen LogP contribution < -0.4 is 5.32 Å². The number of amides is 2. The summed E-state index contributed by atoms with van der Waals surface area (Å²) in [5, 5.41) is 22.3. The summed E-state index contributed by atoms with van der Waals surface area (Å²) in [5.41, 5.74) is 0.729. The molecule has 1 aromatic rings. The number of benzene rings is 1. The number of likely N-dealkylation sites (tertiary alicyclic amines) is 1. The highest BCUT2D eigenvalue weighted by molar-refractivity contribution is 5.86. The maximum Gasteiger partial charge on any atom is 0.224 e. The predicted molar refractivity (Wildman–Crippen MR) is 99.2 cm³/mol. The molecular formula is C20H28N2O4. The van der Waals surface area contributed by atoms with Crippen LogP contribution in [0.5, 0.6) is 0 Å². The zero-order valence-corrected chi connectivity index (χ0v) is 15.0. The highest BCUT2D eigenvalue weighted by Gasteiger charge is 2.31. The van der Waals surface area contributed by atoms with Crippen molar-refractivity contribution in [1.82, 2.24) is 10.2 Å². The van der Waals surface area contributed by atoms with E-state index in [-0.39, 0.29) is 37.4 Å². The second-order valence-electron chi connectivity index (χ2n) is 6.66. The number of rotatable bonds is 9. The van der Waals surface area contributed by atoms with Gasteiger partial charge in [-0.2, -0.15) is 0 Å². The molecule has 0 unspecified atom stereocenters. The van der Waals surface area contributed by atoms with Gasteiger partial charge in [-0.25, -0.2) is 0 Å². The Kier molecular flexibility index (Phi) is 7.81. The first-order chi connectivity index (χ1) is 12.6. The van der Waals surface area contributed by atoms with Gasteiger partial charge in [0.2, 0.25) is 11.8 Å². The summed E-state index contributed by atoms with van der Waals surface area (Å²) in [5.74, 6) is -0.914. The smallest absolute Gasteiger partial charge is 0.224 e. The van der Waals surface area contributed by atoms with Gasteiger partial charge < -0.3 is 20.4 Å². The normalized spacial score (nSPS) is 19.0. The van der Waals surface area contributed by atoms with E-state index in [1.54, 1.807) is 23.1 Å². The lowest BCUT2D eigenvalue weighted by Crippen LogP contribution is -2.41. The molecule has 26 heavy (non-hydrogen) atoms. The SMILES string of the molecule is C=CC[C@H](CC(=O)N1CCC[C@H]1CO)C(=O)NC[C@H](O)c1ccccc1. The third kappa shape index (κ3) is 5.41. The molecule has 0 spiro atoms. The molecule has 2 rings (SSSR count). The molecule has 1 saturated heterocycles. The van der Waals surface area contributed by atoms with Crippen molar-refractivity contribution in [2.45, 2.75) is 37.8 Å². The molecule has 1 aromatic carbocycles. The van der Waals surface area contributed by atoms with Crippen molar-refractivity contribution in [3.63, 3.8) is 0 Å². The topological polar surface area (TPSA) is 89.9 Å². The van der Waals surface area contributed by atoms with Gasteiger partial charge in [0, 0.05) is 19.5 Å². The van der Waals surface area contributed by atoms with Gasteiger partial charge in [-0.1, -0.05) is 36.4 Å². The Labute approximate surface area is 154 Å². The molecule has 6 nitrogen and oxygen atoms in total. The number of carbonyl (C=O) groups excluding carboxylic acids is 2. The maximum atomic E-state index is 12.5. The summed E-state index contributed by atoms with van der Waals surface area (Å²) in [6, 6.07) is 8.96. The molecule has 1 fully saturated rings. The Hall–Kier alpha value is -2.18. The van der Waals surface area contributed by atoms with E-state index in [4.69, 9.17) is 0 Å². The molecule has 6 heteroatoms. The fourth-order valence-corrected chi connectivity index (χ4v) is 3.30. The summed E-state index contributed by atoms with van der Waals surface area (Å²) in [6.45, 7) is 4.33. The van der Waals surface area contributed by atoms with Crippen LogP contribution in [0.25, 0.3) is 0 Å². The van der Waals surface area contributed by atoms with Crippen LogP contribution in [-0.4, -0.2) is 52.7 Å². The van der Waals surface area contributed by atoms with Crippen LogP contribution in [0.4, 0.5) is 0 Å². The Bertz CT molecular complexity index is 605. The summed E-state index contributed by atoms with van der Waals surface area (Å²) < 4.78 is 0. The van der Waals surface area contributed by atoms with Crippen molar-refractivity contribution in [2.24, 2.45) is 5.92 Å². The lowest BCUT2D eigenvalue weighted by molar-refractivity contribution is -0.137. The molecule has 1 aliphatic rings. The molecule has 1 aliphatic heterocycles. The Balaban J connectivity index is 1.90. The van der Waals surface area contributed by atoms with Crippen molar-refractivity contribution >= 4 is 11.8 Å². The summed E-state index contributed by atoms with van der Waals surface area (Å²) in [7, 11) is 0. The number of hydrogen-bond acceptors (Lipinski definition) is 4. The predicted octanol–water partition coefficient (Wildman–Crippen LogP) is 1.40. The highest BCUT2D eigenvalue weighted by Crippen LogP contribution is 2.21. The first-order valence-corrected chi connectivity index (χ1v) is 9.08. The van der Waals surface area contributed by atoms with Gasteiger partial charge in [-0.05, 0) is 24.8 Å². The van der Waals surface area contributed by atoms with Gasteiger partial charge in [-0.3, -0.25) is 9.59 Å². The molecule has 142 valence electrons.